The zero-order chi connectivity index (χ0) is 16.0. The molecule has 1 aromatic rings. The van der Waals surface area contributed by atoms with Gasteiger partial charge in [0.25, 0.3) is 0 Å². The van der Waals surface area contributed by atoms with E-state index in [1.165, 1.54) is 23.9 Å². The maximum Gasteiger partial charge on any atom is 0.408 e. The molecule has 2 N–H and O–H groups in total. The lowest BCUT2D eigenvalue weighted by Gasteiger charge is -2.21. The van der Waals surface area contributed by atoms with Crippen molar-refractivity contribution in [3.63, 3.8) is 0 Å². The van der Waals surface area contributed by atoms with Gasteiger partial charge in [-0.3, -0.25) is 0 Å². The van der Waals surface area contributed by atoms with E-state index in [4.69, 9.17) is 9.84 Å². The van der Waals surface area contributed by atoms with E-state index in [0.717, 1.165) is 0 Å². The van der Waals surface area contributed by atoms with Crippen molar-refractivity contribution in [1.29, 1.82) is 0 Å². The van der Waals surface area contributed by atoms with E-state index in [0.29, 0.717) is 4.90 Å². The molecule has 5 nitrogen and oxygen atoms in total. The number of carbonyl (C=O) groups excluding carboxylic acids is 1. The molecule has 0 saturated carbocycles. The Morgan fingerprint density at radius 2 is 1.90 bits per heavy atom. The number of alkyl carbamates (subject to hydrolysis) is 1. The number of amides is 1. The molecule has 0 aliphatic carbocycles. The Morgan fingerprint density at radius 1 is 1.33 bits per heavy atom. The molecular formula is C14H18FNO4S. The Hall–Kier alpha value is -1.76. The first-order valence-corrected chi connectivity index (χ1v) is 7.26. The normalized spacial score (nSPS) is 12.6. The largest absolute Gasteiger partial charge is 0.480 e. The van der Waals surface area contributed by atoms with E-state index in [-0.39, 0.29) is 11.6 Å². The van der Waals surface area contributed by atoms with Crippen LogP contribution in [0.1, 0.15) is 20.8 Å². The Kier molecular flexibility index (Phi) is 6.02. The summed E-state index contributed by atoms with van der Waals surface area (Å²) in [6, 6.07) is 4.59. The van der Waals surface area contributed by atoms with Crippen molar-refractivity contribution in [3.05, 3.63) is 30.1 Å². The number of aliphatic carboxylic acids is 1. The molecule has 21 heavy (non-hydrogen) atoms. The van der Waals surface area contributed by atoms with Crippen LogP contribution in [0.3, 0.4) is 0 Å². The minimum Gasteiger partial charge on any atom is -0.480 e. The van der Waals surface area contributed by atoms with Crippen LogP contribution < -0.4 is 5.32 Å². The van der Waals surface area contributed by atoms with Crippen LogP contribution >= 0.6 is 11.8 Å². The Morgan fingerprint density at radius 3 is 2.38 bits per heavy atom. The van der Waals surface area contributed by atoms with Crippen LogP contribution in [0.15, 0.2) is 29.2 Å². The van der Waals surface area contributed by atoms with Crippen LogP contribution in [0.4, 0.5) is 9.18 Å². The highest BCUT2D eigenvalue weighted by atomic mass is 32.2. The van der Waals surface area contributed by atoms with E-state index in [1.807, 2.05) is 0 Å². The molecule has 0 aliphatic rings. The monoisotopic (exact) mass is 315 g/mol. The standard InChI is InChI=1S/C14H18FNO4S/c1-14(2,3)20-13(19)16-11(12(17)18)8-21-10-6-4-9(15)5-7-10/h4-7,11H,8H2,1-3H3,(H,16,19)(H,17,18)/t11-/m1/s1. The minimum atomic E-state index is -1.16. The first-order valence-electron chi connectivity index (χ1n) is 6.28. The van der Waals surface area contributed by atoms with Crippen molar-refractivity contribution in [2.75, 3.05) is 5.75 Å². The number of hydrogen-bond acceptors (Lipinski definition) is 4. The molecule has 0 aromatic heterocycles. The van der Waals surface area contributed by atoms with Gasteiger partial charge in [0.1, 0.15) is 17.5 Å². The SMILES string of the molecule is CC(C)(C)OC(=O)N[C@H](CSc1ccc(F)cc1)C(=O)O. The molecule has 0 radical (unpaired) electrons. The summed E-state index contributed by atoms with van der Waals surface area (Å²) in [4.78, 5) is 23.4. The number of nitrogens with one attached hydrogen (secondary N) is 1. The molecule has 0 spiro atoms. The quantitative estimate of drug-likeness (QED) is 0.817. The zero-order valence-electron chi connectivity index (χ0n) is 12.1. The molecule has 0 aliphatic heterocycles. The number of thioether (sulfide) groups is 1. The van der Waals surface area contributed by atoms with Crippen LogP contribution in [0.5, 0.6) is 0 Å². The number of halogens is 1. The second-order valence-electron chi connectivity index (χ2n) is 5.30. The van der Waals surface area contributed by atoms with Crippen LogP contribution in [0.25, 0.3) is 0 Å². The Bertz CT molecular complexity index is 499. The summed E-state index contributed by atoms with van der Waals surface area (Å²) in [5.41, 5.74) is -0.697. The first-order chi connectivity index (χ1) is 9.67. The van der Waals surface area contributed by atoms with Gasteiger partial charge in [-0.2, -0.15) is 0 Å². The molecule has 1 rings (SSSR count). The number of carboxylic acids is 1. The maximum atomic E-state index is 12.8. The number of benzene rings is 1. The van der Waals surface area contributed by atoms with Crippen molar-refractivity contribution in [3.8, 4) is 0 Å². The molecule has 1 aromatic carbocycles. The topological polar surface area (TPSA) is 75.6 Å². The lowest BCUT2D eigenvalue weighted by molar-refractivity contribution is -0.138. The van der Waals surface area contributed by atoms with E-state index in [2.05, 4.69) is 5.32 Å². The molecule has 0 bridgehead atoms. The van der Waals surface area contributed by atoms with Crippen LogP contribution in [0, 0.1) is 5.82 Å². The van der Waals surface area contributed by atoms with E-state index >= 15 is 0 Å². The summed E-state index contributed by atoms with van der Waals surface area (Å²) in [5, 5.41) is 11.4. The molecule has 1 atom stereocenters. The van der Waals surface area contributed by atoms with Gasteiger partial charge in [0.2, 0.25) is 0 Å². The fourth-order valence-corrected chi connectivity index (χ4v) is 2.25. The van der Waals surface area contributed by atoms with Gasteiger partial charge in [0.05, 0.1) is 0 Å². The van der Waals surface area contributed by atoms with Crippen molar-refractivity contribution < 1.29 is 23.8 Å². The number of ether oxygens (including phenoxy) is 1. The summed E-state index contributed by atoms with van der Waals surface area (Å²) in [7, 11) is 0. The van der Waals surface area contributed by atoms with Gasteiger partial charge in [-0.25, -0.2) is 14.0 Å². The predicted molar refractivity (Wildman–Crippen MR) is 77.9 cm³/mol. The third-order valence-electron chi connectivity index (χ3n) is 2.22. The van der Waals surface area contributed by atoms with Gasteiger partial charge in [0, 0.05) is 10.6 Å². The van der Waals surface area contributed by atoms with Crippen LogP contribution in [-0.4, -0.2) is 34.6 Å². The van der Waals surface area contributed by atoms with Gasteiger partial charge in [-0.05, 0) is 45.0 Å². The van der Waals surface area contributed by atoms with Gasteiger partial charge >= 0.3 is 12.1 Å². The third-order valence-corrected chi connectivity index (χ3v) is 3.32. The molecule has 0 fully saturated rings. The minimum absolute atomic E-state index is 0.111. The zero-order valence-corrected chi connectivity index (χ0v) is 12.9. The van der Waals surface area contributed by atoms with Crippen molar-refractivity contribution in [2.45, 2.75) is 37.3 Å². The Labute approximate surface area is 126 Å². The summed E-state index contributed by atoms with van der Waals surface area (Å²) in [6.45, 7) is 5.07. The molecular weight excluding hydrogens is 297 g/mol. The number of carbonyl (C=O) groups is 2. The van der Waals surface area contributed by atoms with Crippen LogP contribution in [0.2, 0.25) is 0 Å². The third kappa shape index (κ3) is 6.99. The summed E-state index contributed by atoms with van der Waals surface area (Å²) >= 11 is 1.21. The average Bonchev–Trinajstić information content (AvgIpc) is 2.33. The van der Waals surface area contributed by atoms with Crippen molar-refractivity contribution in [1.82, 2.24) is 5.32 Å². The summed E-state index contributed by atoms with van der Waals surface area (Å²) < 4.78 is 17.8. The van der Waals surface area contributed by atoms with E-state index < -0.39 is 23.7 Å². The fourth-order valence-electron chi connectivity index (χ4n) is 1.33. The van der Waals surface area contributed by atoms with Gasteiger partial charge in [-0.15, -0.1) is 11.8 Å². The van der Waals surface area contributed by atoms with Crippen molar-refractivity contribution in [2.24, 2.45) is 0 Å². The molecule has 0 heterocycles. The Balaban J connectivity index is 2.56. The summed E-state index contributed by atoms with van der Waals surface area (Å²) in [5.74, 6) is -1.41. The predicted octanol–water partition coefficient (Wildman–Crippen LogP) is 2.90. The molecule has 1 amide bonds. The summed E-state index contributed by atoms with van der Waals surface area (Å²) in [6.07, 6.45) is -0.783. The van der Waals surface area contributed by atoms with E-state index in [1.54, 1.807) is 32.9 Å². The lowest BCUT2D eigenvalue weighted by Crippen LogP contribution is -2.44. The van der Waals surface area contributed by atoms with Crippen molar-refractivity contribution >= 4 is 23.8 Å². The molecule has 7 heteroatoms. The number of carboxylic acid groups (broad SMARTS) is 1. The molecule has 0 unspecified atom stereocenters. The average molecular weight is 315 g/mol. The molecule has 116 valence electrons. The highest BCUT2D eigenvalue weighted by Gasteiger charge is 2.24. The second-order valence-corrected chi connectivity index (χ2v) is 6.40. The van der Waals surface area contributed by atoms with Crippen LogP contribution in [-0.2, 0) is 9.53 Å². The van der Waals surface area contributed by atoms with Gasteiger partial charge in [-0.1, -0.05) is 0 Å². The first kappa shape index (κ1) is 17.3. The fraction of sp³-hybridized carbons (Fsp3) is 0.429. The maximum absolute atomic E-state index is 12.8. The van der Waals surface area contributed by atoms with Gasteiger partial charge in [0.15, 0.2) is 0 Å². The number of rotatable bonds is 5. The highest BCUT2D eigenvalue weighted by Crippen LogP contribution is 2.19. The smallest absolute Gasteiger partial charge is 0.408 e. The second kappa shape index (κ2) is 7.31. The molecule has 0 saturated heterocycles. The lowest BCUT2D eigenvalue weighted by atomic mass is 10.2. The van der Waals surface area contributed by atoms with Gasteiger partial charge < -0.3 is 15.2 Å². The van der Waals surface area contributed by atoms with E-state index in [9.17, 15) is 14.0 Å². The number of hydrogen-bond donors (Lipinski definition) is 2. The highest BCUT2D eigenvalue weighted by molar-refractivity contribution is 7.99.